The number of carboxylic acids is 1. The average molecular weight is 297 g/mol. The Morgan fingerprint density at radius 1 is 1.15 bits per heavy atom. The number of nitrogens with zero attached hydrogens (tertiary/aromatic N) is 1. The molecule has 0 aliphatic carbocycles. The van der Waals surface area contributed by atoms with E-state index in [2.05, 4.69) is 10.3 Å². The number of amides is 3. The van der Waals surface area contributed by atoms with Crippen molar-refractivity contribution in [2.24, 2.45) is 0 Å². The van der Waals surface area contributed by atoms with Crippen LogP contribution in [-0.4, -0.2) is 28.0 Å². The molecule has 0 aliphatic rings. The molecule has 1 aromatic rings. The van der Waals surface area contributed by atoms with Crippen molar-refractivity contribution < 1.29 is 19.5 Å². The van der Waals surface area contributed by atoms with Gasteiger partial charge in [-0.2, -0.15) is 0 Å². The highest BCUT2D eigenvalue weighted by molar-refractivity contribution is 7.15. The van der Waals surface area contributed by atoms with Crippen molar-refractivity contribution in [2.45, 2.75) is 27.7 Å². The number of hydrogen-bond donors (Lipinski definition) is 3. The number of rotatable bonds is 3. The second kappa shape index (κ2) is 6.29. The zero-order valence-electron chi connectivity index (χ0n) is 11.5. The topological polar surface area (TPSA) is 108 Å². The van der Waals surface area contributed by atoms with Crippen LogP contribution in [0.2, 0.25) is 0 Å². The largest absolute Gasteiger partial charge is 0.478 e. The summed E-state index contributed by atoms with van der Waals surface area (Å²) in [5, 5.41) is 13.6. The predicted molar refractivity (Wildman–Crippen MR) is 74.8 cm³/mol. The maximum Gasteiger partial charge on any atom is 0.331 e. The minimum Gasteiger partial charge on any atom is -0.478 e. The smallest absolute Gasteiger partial charge is 0.331 e. The highest BCUT2D eigenvalue weighted by atomic mass is 32.1. The molecule has 0 aliphatic heterocycles. The Balaban J connectivity index is 2.69. The molecular weight excluding hydrogens is 282 g/mol. The van der Waals surface area contributed by atoms with Crippen LogP contribution in [0.4, 0.5) is 9.93 Å². The van der Waals surface area contributed by atoms with Crippen LogP contribution in [0.5, 0.6) is 0 Å². The molecule has 0 atom stereocenters. The molecule has 0 fully saturated rings. The van der Waals surface area contributed by atoms with E-state index in [9.17, 15) is 14.4 Å². The van der Waals surface area contributed by atoms with Crippen molar-refractivity contribution in [3.8, 4) is 0 Å². The summed E-state index contributed by atoms with van der Waals surface area (Å²) in [4.78, 5) is 39.0. The molecular formula is C12H15N3O4S. The molecule has 1 heterocycles. The Morgan fingerprint density at radius 3 is 2.20 bits per heavy atom. The van der Waals surface area contributed by atoms with Gasteiger partial charge in [-0.15, -0.1) is 11.3 Å². The monoisotopic (exact) mass is 297 g/mol. The fraction of sp³-hybridized carbons (Fsp3) is 0.333. The highest BCUT2D eigenvalue weighted by Crippen LogP contribution is 2.20. The quantitative estimate of drug-likeness (QED) is 0.737. The SMILES string of the molecule is CC(C(=O)O)=C(C)C(=O)NC(=O)Nc1nc(C)c(C)s1. The zero-order valence-corrected chi connectivity index (χ0v) is 12.3. The van der Waals surface area contributed by atoms with E-state index in [1.807, 2.05) is 19.2 Å². The summed E-state index contributed by atoms with van der Waals surface area (Å²) in [5.41, 5.74) is 0.657. The van der Waals surface area contributed by atoms with Gasteiger partial charge in [-0.05, 0) is 27.7 Å². The molecule has 0 spiro atoms. The molecule has 3 N–H and O–H groups in total. The normalized spacial score (nSPS) is 11.6. The molecule has 0 saturated heterocycles. The second-order valence-corrected chi connectivity index (χ2v) is 5.33. The van der Waals surface area contributed by atoms with Gasteiger partial charge in [0, 0.05) is 16.0 Å². The van der Waals surface area contributed by atoms with E-state index < -0.39 is 17.9 Å². The average Bonchev–Trinajstić information content (AvgIpc) is 2.65. The van der Waals surface area contributed by atoms with Gasteiger partial charge in [0.2, 0.25) is 0 Å². The first kappa shape index (κ1) is 15.8. The van der Waals surface area contributed by atoms with Gasteiger partial charge >= 0.3 is 12.0 Å². The van der Waals surface area contributed by atoms with Gasteiger partial charge in [0.05, 0.1) is 5.69 Å². The first-order valence-electron chi connectivity index (χ1n) is 5.69. The molecule has 20 heavy (non-hydrogen) atoms. The Hall–Kier alpha value is -2.22. The maximum atomic E-state index is 11.7. The maximum absolute atomic E-state index is 11.7. The minimum atomic E-state index is -1.20. The van der Waals surface area contributed by atoms with Gasteiger partial charge in [-0.25, -0.2) is 14.6 Å². The summed E-state index contributed by atoms with van der Waals surface area (Å²) in [5.74, 6) is -1.96. The number of aromatic nitrogens is 1. The molecule has 1 rings (SSSR count). The lowest BCUT2D eigenvalue weighted by Crippen LogP contribution is -2.35. The summed E-state index contributed by atoms with van der Waals surface area (Å²) in [6.45, 7) is 6.31. The Labute approximate surface area is 119 Å². The van der Waals surface area contributed by atoms with Crippen molar-refractivity contribution >= 4 is 34.4 Å². The van der Waals surface area contributed by atoms with Crippen molar-refractivity contribution in [1.29, 1.82) is 0 Å². The van der Waals surface area contributed by atoms with Crippen LogP contribution in [0.1, 0.15) is 24.4 Å². The fourth-order valence-electron chi connectivity index (χ4n) is 1.18. The van der Waals surface area contributed by atoms with E-state index in [1.165, 1.54) is 25.2 Å². The third kappa shape index (κ3) is 3.89. The Kier molecular flexibility index (Phi) is 4.98. The van der Waals surface area contributed by atoms with E-state index >= 15 is 0 Å². The lowest BCUT2D eigenvalue weighted by Gasteiger charge is -2.05. The molecule has 0 saturated carbocycles. The molecule has 0 unspecified atom stereocenters. The number of aliphatic carboxylic acids is 1. The number of aryl methyl sites for hydroxylation is 2. The fourth-order valence-corrected chi connectivity index (χ4v) is 1.99. The van der Waals surface area contributed by atoms with Gasteiger partial charge < -0.3 is 5.11 Å². The minimum absolute atomic E-state index is 0.0286. The number of nitrogens with one attached hydrogen (secondary N) is 2. The second-order valence-electron chi connectivity index (χ2n) is 4.12. The number of anilines is 1. The summed E-state index contributed by atoms with van der Waals surface area (Å²) >= 11 is 1.29. The molecule has 3 amide bonds. The van der Waals surface area contributed by atoms with E-state index in [0.717, 1.165) is 10.6 Å². The lowest BCUT2D eigenvalue weighted by atomic mass is 10.1. The Morgan fingerprint density at radius 2 is 1.75 bits per heavy atom. The van der Waals surface area contributed by atoms with Crippen molar-refractivity contribution in [1.82, 2.24) is 10.3 Å². The van der Waals surface area contributed by atoms with Crippen LogP contribution in [0.3, 0.4) is 0 Å². The van der Waals surface area contributed by atoms with Gasteiger partial charge in [-0.1, -0.05) is 0 Å². The van der Waals surface area contributed by atoms with E-state index in [-0.39, 0.29) is 11.1 Å². The van der Waals surface area contributed by atoms with Crippen LogP contribution in [0.25, 0.3) is 0 Å². The molecule has 1 aromatic heterocycles. The van der Waals surface area contributed by atoms with Crippen LogP contribution >= 0.6 is 11.3 Å². The zero-order chi connectivity index (χ0) is 15.4. The van der Waals surface area contributed by atoms with Crippen molar-refractivity contribution in [3.63, 3.8) is 0 Å². The Bertz CT molecular complexity index is 584. The number of imide groups is 1. The molecule has 0 bridgehead atoms. The molecule has 0 aromatic carbocycles. The number of urea groups is 1. The van der Waals surface area contributed by atoms with E-state index in [1.54, 1.807) is 0 Å². The van der Waals surface area contributed by atoms with Crippen molar-refractivity contribution in [2.75, 3.05) is 5.32 Å². The number of carbonyl (C=O) groups excluding carboxylic acids is 2. The van der Waals surface area contributed by atoms with Gasteiger partial charge in [-0.3, -0.25) is 15.4 Å². The summed E-state index contributed by atoms with van der Waals surface area (Å²) < 4.78 is 0. The molecule has 8 heteroatoms. The summed E-state index contributed by atoms with van der Waals surface area (Å²) in [6.07, 6.45) is 0. The van der Waals surface area contributed by atoms with Gasteiger partial charge in [0.1, 0.15) is 0 Å². The van der Waals surface area contributed by atoms with Gasteiger partial charge in [0.25, 0.3) is 5.91 Å². The van der Waals surface area contributed by atoms with E-state index in [0.29, 0.717) is 5.13 Å². The summed E-state index contributed by atoms with van der Waals surface area (Å²) in [6, 6.07) is -0.749. The molecule has 108 valence electrons. The standard InChI is InChI=1S/C12H15N3O4S/c1-5(6(2)10(17)18)9(16)14-11(19)15-12-13-7(3)8(4)20-12/h1-4H3,(H,17,18)(H2,13,14,15,16,19). The van der Waals surface area contributed by atoms with Crippen LogP contribution in [0.15, 0.2) is 11.1 Å². The van der Waals surface area contributed by atoms with Crippen LogP contribution in [-0.2, 0) is 9.59 Å². The van der Waals surface area contributed by atoms with Gasteiger partial charge in [0.15, 0.2) is 5.13 Å². The first-order chi connectivity index (χ1) is 9.22. The van der Waals surface area contributed by atoms with Crippen LogP contribution in [0, 0.1) is 13.8 Å². The lowest BCUT2D eigenvalue weighted by molar-refractivity contribution is -0.133. The number of hydrogen-bond acceptors (Lipinski definition) is 5. The number of thiazole rings is 1. The van der Waals surface area contributed by atoms with Crippen molar-refractivity contribution in [3.05, 3.63) is 21.7 Å². The van der Waals surface area contributed by atoms with Crippen LogP contribution < -0.4 is 10.6 Å². The molecule has 0 radical (unpaired) electrons. The summed E-state index contributed by atoms with van der Waals surface area (Å²) in [7, 11) is 0. The highest BCUT2D eigenvalue weighted by Gasteiger charge is 2.16. The predicted octanol–water partition coefficient (Wildman–Crippen LogP) is 1.83. The first-order valence-corrected chi connectivity index (χ1v) is 6.51. The third-order valence-corrected chi connectivity index (χ3v) is 3.69. The number of carboxylic acid groups (broad SMARTS) is 1. The number of carbonyl (C=O) groups is 3. The third-order valence-electron chi connectivity index (χ3n) is 2.70. The van der Waals surface area contributed by atoms with E-state index in [4.69, 9.17) is 5.11 Å². The molecule has 7 nitrogen and oxygen atoms in total.